The van der Waals surface area contributed by atoms with Gasteiger partial charge in [0.2, 0.25) is 0 Å². The maximum absolute atomic E-state index is 8.67. The Labute approximate surface area is 84.8 Å². The van der Waals surface area contributed by atoms with Gasteiger partial charge >= 0.3 is 0 Å². The highest BCUT2D eigenvalue weighted by Crippen LogP contribution is 2.06. The molecule has 0 aromatic carbocycles. The minimum atomic E-state index is 0.645. The predicted octanol–water partition coefficient (Wildman–Crippen LogP) is 2.41. The van der Waals surface area contributed by atoms with Crippen molar-refractivity contribution in [1.82, 2.24) is 4.98 Å². The number of nitriles is 1. The molecule has 74 valence electrons. The van der Waals surface area contributed by atoms with E-state index in [2.05, 4.69) is 30.2 Å². The van der Waals surface area contributed by atoms with E-state index in [0.29, 0.717) is 11.5 Å². The van der Waals surface area contributed by atoms with E-state index >= 15 is 0 Å². The third-order valence-electron chi connectivity index (χ3n) is 1.92. The quantitative estimate of drug-likeness (QED) is 0.791. The van der Waals surface area contributed by atoms with Gasteiger partial charge in [-0.1, -0.05) is 13.8 Å². The summed E-state index contributed by atoms with van der Waals surface area (Å²) in [5.41, 5.74) is 0.645. The van der Waals surface area contributed by atoms with E-state index in [4.69, 9.17) is 5.26 Å². The van der Waals surface area contributed by atoms with Crippen molar-refractivity contribution in [2.45, 2.75) is 20.3 Å². The van der Waals surface area contributed by atoms with Gasteiger partial charge in [-0.3, -0.25) is 0 Å². The fourth-order valence-corrected chi connectivity index (χ4v) is 1.09. The van der Waals surface area contributed by atoms with Gasteiger partial charge in [-0.05, 0) is 24.5 Å². The monoisotopic (exact) mass is 189 g/mol. The number of aromatic nitrogens is 1. The van der Waals surface area contributed by atoms with E-state index in [-0.39, 0.29) is 0 Å². The topological polar surface area (TPSA) is 48.7 Å². The first-order valence-corrected chi connectivity index (χ1v) is 4.82. The minimum Gasteiger partial charge on any atom is -0.370 e. The lowest BCUT2D eigenvalue weighted by Gasteiger charge is -2.07. The van der Waals surface area contributed by atoms with Crippen molar-refractivity contribution in [2.75, 3.05) is 11.9 Å². The van der Waals surface area contributed by atoms with Crippen LogP contribution in [0.4, 0.5) is 5.82 Å². The molecule has 1 heterocycles. The summed E-state index contributed by atoms with van der Waals surface area (Å²) in [5, 5.41) is 11.9. The zero-order valence-corrected chi connectivity index (χ0v) is 8.62. The smallest absolute Gasteiger partial charge is 0.127 e. The van der Waals surface area contributed by atoms with Gasteiger partial charge in [0.05, 0.1) is 11.6 Å². The molecule has 1 aromatic rings. The first-order valence-electron chi connectivity index (χ1n) is 4.82. The second-order valence-electron chi connectivity index (χ2n) is 3.65. The van der Waals surface area contributed by atoms with Gasteiger partial charge in [0, 0.05) is 12.7 Å². The Morgan fingerprint density at radius 3 is 3.00 bits per heavy atom. The molecule has 0 saturated carbocycles. The number of hydrogen-bond acceptors (Lipinski definition) is 3. The average Bonchev–Trinajstić information content (AvgIpc) is 2.18. The van der Waals surface area contributed by atoms with E-state index in [1.165, 1.54) is 0 Å². The molecule has 0 unspecified atom stereocenters. The molecule has 0 radical (unpaired) electrons. The highest BCUT2D eigenvalue weighted by atomic mass is 15.0. The zero-order valence-electron chi connectivity index (χ0n) is 8.62. The molecule has 0 atom stereocenters. The van der Waals surface area contributed by atoms with E-state index < -0.39 is 0 Å². The summed E-state index contributed by atoms with van der Waals surface area (Å²) in [6.07, 6.45) is 2.76. The summed E-state index contributed by atoms with van der Waals surface area (Å²) in [4.78, 5) is 4.12. The van der Waals surface area contributed by atoms with Crippen LogP contribution in [0.25, 0.3) is 0 Å². The Bertz CT molecular complexity index is 326. The minimum absolute atomic E-state index is 0.645. The van der Waals surface area contributed by atoms with E-state index in [0.717, 1.165) is 18.8 Å². The lowest BCUT2D eigenvalue weighted by atomic mass is 10.1. The van der Waals surface area contributed by atoms with Gasteiger partial charge < -0.3 is 5.32 Å². The van der Waals surface area contributed by atoms with Crippen molar-refractivity contribution >= 4 is 5.82 Å². The van der Waals surface area contributed by atoms with Gasteiger partial charge in [0.15, 0.2) is 0 Å². The summed E-state index contributed by atoms with van der Waals surface area (Å²) < 4.78 is 0. The van der Waals surface area contributed by atoms with Crippen molar-refractivity contribution in [1.29, 1.82) is 5.26 Å². The molecule has 0 bridgehead atoms. The van der Waals surface area contributed by atoms with Crippen LogP contribution < -0.4 is 5.32 Å². The van der Waals surface area contributed by atoms with Crippen LogP contribution in [0.15, 0.2) is 18.3 Å². The Hall–Kier alpha value is -1.56. The molecule has 0 aliphatic heterocycles. The van der Waals surface area contributed by atoms with Crippen LogP contribution in [0, 0.1) is 17.2 Å². The molecule has 0 saturated heterocycles. The van der Waals surface area contributed by atoms with Crippen LogP contribution >= 0.6 is 0 Å². The Kier molecular flexibility index (Phi) is 3.93. The van der Waals surface area contributed by atoms with Gasteiger partial charge in [-0.15, -0.1) is 0 Å². The van der Waals surface area contributed by atoms with E-state index in [1.54, 1.807) is 18.3 Å². The van der Waals surface area contributed by atoms with Crippen LogP contribution in [0.2, 0.25) is 0 Å². The third-order valence-corrected chi connectivity index (χ3v) is 1.92. The van der Waals surface area contributed by atoms with E-state index in [9.17, 15) is 0 Å². The Morgan fingerprint density at radius 1 is 1.57 bits per heavy atom. The molecule has 1 rings (SSSR count). The number of nitrogens with zero attached hydrogens (tertiary/aromatic N) is 2. The first kappa shape index (κ1) is 10.5. The van der Waals surface area contributed by atoms with Crippen LogP contribution in [0.5, 0.6) is 0 Å². The van der Waals surface area contributed by atoms with E-state index in [1.807, 2.05) is 0 Å². The molecule has 0 amide bonds. The molecule has 14 heavy (non-hydrogen) atoms. The zero-order chi connectivity index (χ0) is 10.4. The van der Waals surface area contributed by atoms with Crippen LogP contribution in [-0.2, 0) is 0 Å². The lowest BCUT2D eigenvalue weighted by molar-refractivity contribution is 0.606. The highest BCUT2D eigenvalue weighted by molar-refractivity contribution is 5.42. The van der Waals surface area contributed by atoms with Crippen molar-refractivity contribution in [3.63, 3.8) is 0 Å². The highest BCUT2D eigenvalue weighted by Gasteiger charge is 1.97. The molecule has 0 spiro atoms. The Morgan fingerprint density at radius 2 is 2.36 bits per heavy atom. The molecule has 3 nitrogen and oxygen atoms in total. The number of anilines is 1. The van der Waals surface area contributed by atoms with Gasteiger partial charge in [-0.2, -0.15) is 5.26 Å². The molecule has 0 fully saturated rings. The fraction of sp³-hybridized carbons (Fsp3) is 0.455. The molecular weight excluding hydrogens is 174 g/mol. The number of nitrogens with one attached hydrogen (secondary N) is 1. The number of rotatable bonds is 4. The predicted molar refractivity (Wildman–Crippen MR) is 56.9 cm³/mol. The average molecular weight is 189 g/mol. The van der Waals surface area contributed by atoms with Crippen molar-refractivity contribution in [3.8, 4) is 6.07 Å². The number of pyridine rings is 1. The summed E-state index contributed by atoms with van der Waals surface area (Å²) >= 11 is 0. The first-order chi connectivity index (χ1) is 6.72. The fourth-order valence-electron chi connectivity index (χ4n) is 1.09. The Balaban J connectivity index is 2.47. The molecule has 1 aromatic heterocycles. The van der Waals surface area contributed by atoms with Crippen molar-refractivity contribution in [3.05, 3.63) is 23.9 Å². The van der Waals surface area contributed by atoms with Crippen LogP contribution in [0.1, 0.15) is 25.8 Å². The summed E-state index contributed by atoms with van der Waals surface area (Å²) in [7, 11) is 0. The summed E-state index contributed by atoms with van der Waals surface area (Å²) in [6, 6.07) is 5.55. The van der Waals surface area contributed by atoms with Crippen LogP contribution in [-0.4, -0.2) is 11.5 Å². The third kappa shape index (κ3) is 3.44. The molecule has 3 heteroatoms. The lowest BCUT2D eigenvalue weighted by Crippen LogP contribution is -2.05. The van der Waals surface area contributed by atoms with Gasteiger partial charge in [0.25, 0.3) is 0 Å². The van der Waals surface area contributed by atoms with Crippen molar-refractivity contribution in [2.24, 2.45) is 5.92 Å². The maximum atomic E-state index is 8.67. The summed E-state index contributed by atoms with van der Waals surface area (Å²) in [5.74, 6) is 1.46. The molecular formula is C11H15N3. The molecule has 1 N–H and O–H groups in total. The van der Waals surface area contributed by atoms with Gasteiger partial charge in [0.1, 0.15) is 5.82 Å². The normalized spacial score (nSPS) is 9.86. The largest absolute Gasteiger partial charge is 0.370 e. The second-order valence-corrected chi connectivity index (χ2v) is 3.65. The second kappa shape index (κ2) is 5.23. The molecule has 0 aliphatic rings. The molecule has 0 aliphatic carbocycles. The van der Waals surface area contributed by atoms with Gasteiger partial charge in [-0.25, -0.2) is 4.98 Å². The SMILES string of the molecule is CC(C)CCNc1cc(C#N)ccn1. The summed E-state index contributed by atoms with van der Waals surface area (Å²) in [6.45, 7) is 5.27. The van der Waals surface area contributed by atoms with Crippen molar-refractivity contribution < 1.29 is 0 Å². The number of hydrogen-bond donors (Lipinski definition) is 1. The standard InChI is InChI=1S/C11H15N3/c1-9(2)3-5-13-11-7-10(8-12)4-6-14-11/h4,6-7,9H,3,5H2,1-2H3,(H,13,14). The van der Waals surface area contributed by atoms with Crippen LogP contribution in [0.3, 0.4) is 0 Å². The maximum Gasteiger partial charge on any atom is 0.127 e.